The summed E-state index contributed by atoms with van der Waals surface area (Å²) in [6.07, 6.45) is 0. The predicted molar refractivity (Wildman–Crippen MR) is 209 cm³/mol. The lowest BCUT2D eigenvalue weighted by Gasteiger charge is -2.28. The van der Waals surface area contributed by atoms with Gasteiger partial charge in [-0.1, -0.05) is 139 Å². The van der Waals surface area contributed by atoms with Crippen molar-refractivity contribution in [2.75, 3.05) is 4.90 Å². The topological polar surface area (TPSA) is 3.24 Å². The molecule has 0 amide bonds. The molecule has 0 spiro atoms. The van der Waals surface area contributed by atoms with Crippen molar-refractivity contribution in [3.63, 3.8) is 0 Å². The van der Waals surface area contributed by atoms with Gasteiger partial charge in [-0.15, -0.1) is 11.3 Å². The Labute approximate surface area is 288 Å². The zero-order valence-corrected chi connectivity index (χ0v) is 26.6. The quantitative estimate of drug-likeness (QED) is 0.175. The average molecular weight is 632 g/mol. The molecule has 0 fully saturated rings. The molecule has 0 unspecified atom stereocenters. The molecule has 0 bridgehead atoms. The van der Waals surface area contributed by atoms with Crippen LogP contribution in [0.25, 0.3) is 74.4 Å². The summed E-state index contributed by atoms with van der Waals surface area (Å²) in [6, 6.07) is 51.0. The highest BCUT2D eigenvalue weighted by Gasteiger charge is 2.21. The van der Waals surface area contributed by atoms with Gasteiger partial charge >= 0.3 is 0 Å². The Kier molecular flexibility index (Phi) is 5.26. The van der Waals surface area contributed by atoms with Gasteiger partial charge in [-0.3, -0.25) is 0 Å². The van der Waals surface area contributed by atoms with Crippen LogP contribution in [0.15, 0.2) is 176 Å². The fraction of sp³-hybridized carbons (Fsp3) is 0. The molecular weight excluding hydrogens is 599 g/mol. The normalized spacial score (nSPS) is 12.9. The lowest BCUT2D eigenvalue weighted by atomic mass is 9.93. The minimum atomic E-state index is -0.0939. The molecule has 0 radical (unpaired) electrons. The highest BCUT2D eigenvalue weighted by molar-refractivity contribution is 7.26. The first-order valence-corrected chi connectivity index (χ1v) is 16.9. The Bertz CT molecular complexity index is 3060. The van der Waals surface area contributed by atoms with Gasteiger partial charge in [0.25, 0.3) is 0 Å². The molecule has 1 heterocycles. The fourth-order valence-corrected chi connectivity index (χ4v) is 8.52. The van der Waals surface area contributed by atoms with Crippen molar-refractivity contribution in [1.82, 2.24) is 0 Å². The molecule has 0 N–H and O–H groups in total. The van der Waals surface area contributed by atoms with Gasteiger partial charge in [0.1, 0.15) is 0 Å². The first-order valence-electron chi connectivity index (χ1n) is 18.1. The highest BCUT2D eigenvalue weighted by atomic mass is 32.1. The van der Waals surface area contributed by atoms with Crippen molar-refractivity contribution in [3.05, 3.63) is 176 Å². The summed E-state index contributed by atoms with van der Waals surface area (Å²) in [5, 5.41) is 10.4. The van der Waals surface area contributed by atoms with Crippen molar-refractivity contribution < 1.29 is 5.48 Å². The summed E-state index contributed by atoms with van der Waals surface area (Å²) in [7, 11) is 0. The van der Waals surface area contributed by atoms with Gasteiger partial charge in [-0.05, 0) is 85.2 Å². The second kappa shape index (κ2) is 10.8. The van der Waals surface area contributed by atoms with E-state index in [9.17, 15) is 5.48 Å². The van der Waals surface area contributed by atoms with Crippen molar-refractivity contribution in [2.24, 2.45) is 0 Å². The van der Waals surface area contributed by atoms with E-state index in [1.165, 1.54) is 0 Å². The summed E-state index contributed by atoms with van der Waals surface area (Å²) in [4.78, 5) is 1.98. The van der Waals surface area contributed by atoms with Crippen molar-refractivity contribution in [1.29, 1.82) is 0 Å². The third-order valence-corrected chi connectivity index (χ3v) is 10.7. The van der Waals surface area contributed by atoms with Gasteiger partial charge in [-0.25, -0.2) is 0 Å². The first-order chi connectivity index (χ1) is 25.5. The Morgan fingerprint density at radius 2 is 0.958 bits per heavy atom. The zero-order valence-electron chi connectivity index (χ0n) is 29.8. The number of thiophene rings is 1. The van der Waals surface area contributed by atoms with Crippen LogP contribution < -0.4 is 4.90 Å². The molecule has 0 saturated heterocycles. The van der Waals surface area contributed by atoms with Crippen molar-refractivity contribution >= 4 is 91.7 Å². The third-order valence-electron chi connectivity index (χ3n) is 9.48. The summed E-state index contributed by atoms with van der Waals surface area (Å²) in [5.41, 5.74) is 2.80. The number of fused-ring (bicyclic) bond motifs is 9. The van der Waals surface area contributed by atoms with Gasteiger partial charge in [-0.2, -0.15) is 0 Å². The Morgan fingerprint density at radius 3 is 1.69 bits per heavy atom. The maximum atomic E-state index is 9.78. The molecule has 0 aliphatic heterocycles. The van der Waals surface area contributed by atoms with Crippen LogP contribution in [0.5, 0.6) is 0 Å². The second-order valence-corrected chi connectivity index (χ2v) is 13.2. The molecule has 10 aromatic rings. The second-order valence-electron chi connectivity index (χ2n) is 12.2. The Hall–Kier alpha value is -5.96. The minimum Gasteiger partial charge on any atom is -0.308 e. The van der Waals surface area contributed by atoms with Crippen molar-refractivity contribution in [3.8, 4) is 11.1 Å². The van der Waals surface area contributed by atoms with Gasteiger partial charge in [0.2, 0.25) is 0 Å². The predicted octanol–water partition coefficient (Wildman–Crippen LogP) is 13.8. The SMILES string of the molecule is [2H]c1c([2H])c(N(c2cc3ccccc3c3ccccc23)c2cccc3c2sc2ccccc23)c([2H])c([2H])c1-c1cc2ccccc2c2ccccc12. The summed E-state index contributed by atoms with van der Waals surface area (Å²) in [5.74, 6) is 0. The van der Waals surface area contributed by atoms with Crippen LogP contribution in [-0.2, 0) is 0 Å². The van der Waals surface area contributed by atoms with E-state index in [2.05, 4.69) is 60.7 Å². The van der Waals surface area contributed by atoms with E-state index >= 15 is 0 Å². The first kappa shape index (κ1) is 23.4. The molecule has 2 heteroatoms. The van der Waals surface area contributed by atoms with E-state index in [0.29, 0.717) is 11.1 Å². The van der Waals surface area contributed by atoms with Gasteiger partial charge in [0.15, 0.2) is 0 Å². The molecule has 10 rings (SSSR count). The molecule has 48 heavy (non-hydrogen) atoms. The van der Waals surface area contributed by atoms with E-state index < -0.39 is 0 Å². The summed E-state index contributed by atoms with van der Waals surface area (Å²) < 4.78 is 41.0. The average Bonchev–Trinajstić information content (AvgIpc) is 3.58. The van der Waals surface area contributed by atoms with Crippen LogP contribution >= 0.6 is 11.3 Å². The monoisotopic (exact) mass is 631 g/mol. The zero-order chi connectivity index (χ0) is 35.1. The van der Waals surface area contributed by atoms with E-state index in [-0.39, 0.29) is 29.9 Å². The summed E-state index contributed by atoms with van der Waals surface area (Å²) >= 11 is 1.68. The standard InChI is InChI=1S/C46H29NS/c1-3-14-34-31(12-1)28-42(38-18-6-5-16-36(34)38)30-24-26-33(27-25-30)47(43-22-11-21-41-40-20-9-10-23-45(40)48-46(41)43)44-29-32-13-2-4-15-35(32)37-17-7-8-19-39(37)44/h1-29H/i24D,25D,26D,27D. The molecule has 0 saturated carbocycles. The van der Waals surface area contributed by atoms with E-state index in [1.54, 1.807) is 11.3 Å². The number of anilines is 3. The van der Waals surface area contributed by atoms with Gasteiger partial charge < -0.3 is 4.90 Å². The van der Waals surface area contributed by atoms with Gasteiger partial charge in [0.05, 0.1) is 21.6 Å². The van der Waals surface area contributed by atoms with E-state index in [0.717, 1.165) is 74.6 Å². The van der Waals surface area contributed by atoms with Crippen LogP contribution in [0.3, 0.4) is 0 Å². The smallest absolute Gasteiger partial charge is 0.0645 e. The molecular formula is C46H29NS. The largest absolute Gasteiger partial charge is 0.308 e. The molecule has 0 aliphatic rings. The van der Waals surface area contributed by atoms with Crippen LogP contribution in [0.1, 0.15) is 5.48 Å². The molecule has 9 aromatic carbocycles. The molecule has 1 nitrogen and oxygen atoms in total. The lowest BCUT2D eigenvalue weighted by Crippen LogP contribution is -2.11. The maximum absolute atomic E-state index is 9.78. The molecule has 0 atom stereocenters. The lowest BCUT2D eigenvalue weighted by molar-refractivity contribution is 1.32. The van der Waals surface area contributed by atoms with Crippen LogP contribution in [0.2, 0.25) is 0 Å². The Balaban J connectivity index is 1.33. The van der Waals surface area contributed by atoms with Crippen LogP contribution in [-0.4, -0.2) is 0 Å². The van der Waals surface area contributed by atoms with E-state index in [4.69, 9.17) is 0 Å². The van der Waals surface area contributed by atoms with Crippen molar-refractivity contribution in [2.45, 2.75) is 0 Å². The van der Waals surface area contributed by atoms with E-state index in [1.807, 2.05) is 95.9 Å². The van der Waals surface area contributed by atoms with Gasteiger partial charge in [0, 0.05) is 26.5 Å². The minimum absolute atomic E-state index is 0.0740. The highest BCUT2D eigenvalue weighted by Crippen LogP contribution is 2.48. The number of nitrogens with zero attached hydrogens (tertiary/aromatic N) is 1. The summed E-state index contributed by atoms with van der Waals surface area (Å²) in [6.45, 7) is 0. The molecule has 224 valence electrons. The number of hydrogen-bond donors (Lipinski definition) is 0. The van der Waals surface area contributed by atoms with Crippen LogP contribution in [0.4, 0.5) is 17.1 Å². The third kappa shape index (κ3) is 4.17. The number of rotatable bonds is 4. The number of hydrogen-bond acceptors (Lipinski definition) is 2. The fourth-order valence-electron chi connectivity index (χ4n) is 7.31. The maximum Gasteiger partial charge on any atom is 0.0645 e. The number of benzene rings is 9. The molecule has 0 aliphatic carbocycles. The molecule has 1 aromatic heterocycles. The Morgan fingerprint density at radius 1 is 0.417 bits per heavy atom. The van der Waals surface area contributed by atoms with Crippen LogP contribution in [0, 0.1) is 0 Å².